The molecule has 1 aromatic carbocycles. The number of hydrogen-bond acceptors (Lipinski definition) is 6. The van der Waals surface area contributed by atoms with Crippen molar-refractivity contribution in [3.63, 3.8) is 0 Å². The van der Waals surface area contributed by atoms with Crippen molar-refractivity contribution in [3.05, 3.63) is 77.2 Å². The van der Waals surface area contributed by atoms with Gasteiger partial charge in [-0.15, -0.1) is 0 Å². The zero-order valence-corrected chi connectivity index (χ0v) is 17.7. The zero-order valence-electron chi connectivity index (χ0n) is 17.7. The van der Waals surface area contributed by atoms with Crippen molar-refractivity contribution < 1.29 is 13.5 Å². The summed E-state index contributed by atoms with van der Waals surface area (Å²) < 4.78 is 34.2. The first-order valence-electron chi connectivity index (χ1n) is 10.4. The molecule has 0 spiro atoms. The largest absolute Gasteiger partial charge is 0.370 e. The number of aryl methyl sites for hydroxylation is 2. The van der Waals surface area contributed by atoms with E-state index in [0.717, 1.165) is 23.0 Å². The molecule has 4 heterocycles. The van der Waals surface area contributed by atoms with E-state index >= 15 is 0 Å². The van der Waals surface area contributed by atoms with Crippen molar-refractivity contribution in [3.8, 4) is 11.3 Å². The molecule has 8 heteroatoms. The van der Waals surface area contributed by atoms with Gasteiger partial charge in [0.05, 0.1) is 18.8 Å². The van der Waals surface area contributed by atoms with Crippen molar-refractivity contribution in [1.82, 2.24) is 19.9 Å². The predicted molar refractivity (Wildman–Crippen MR) is 117 cm³/mol. The number of anilines is 1. The Labute approximate surface area is 183 Å². The first kappa shape index (κ1) is 20.4. The summed E-state index contributed by atoms with van der Waals surface area (Å²) in [6.45, 7) is 5.42. The van der Waals surface area contributed by atoms with E-state index in [4.69, 9.17) is 9.72 Å². The number of rotatable bonds is 3. The fourth-order valence-electron chi connectivity index (χ4n) is 3.92. The molecule has 1 unspecified atom stereocenters. The minimum Gasteiger partial charge on any atom is -0.370 e. The third kappa shape index (κ3) is 3.89. The number of pyridine rings is 2. The minimum absolute atomic E-state index is 0.166. The van der Waals surface area contributed by atoms with Crippen molar-refractivity contribution in [2.75, 3.05) is 24.6 Å². The third-order valence-corrected chi connectivity index (χ3v) is 5.52. The summed E-state index contributed by atoms with van der Waals surface area (Å²) in [4.78, 5) is 20.2. The van der Waals surface area contributed by atoms with E-state index in [1.54, 1.807) is 6.20 Å². The van der Waals surface area contributed by atoms with Gasteiger partial charge in [-0.3, -0.25) is 4.98 Å². The average molecular weight is 433 g/mol. The Morgan fingerprint density at radius 2 is 1.84 bits per heavy atom. The van der Waals surface area contributed by atoms with Gasteiger partial charge in [0.1, 0.15) is 17.7 Å². The molecule has 3 aromatic heterocycles. The average Bonchev–Trinajstić information content (AvgIpc) is 2.78. The Kier molecular flexibility index (Phi) is 5.22. The van der Waals surface area contributed by atoms with Crippen LogP contribution in [-0.2, 0) is 4.74 Å². The molecule has 0 N–H and O–H groups in total. The highest BCUT2D eigenvalue weighted by atomic mass is 19.1. The van der Waals surface area contributed by atoms with E-state index in [-0.39, 0.29) is 11.7 Å². The van der Waals surface area contributed by atoms with E-state index < -0.39 is 11.6 Å². The number of aromatic nitrogens is 4. The SMILES string of the molecule is Cc1cc(C2CN(c3nc(-c4ccc(F)cc4F)c4ccc(C)nc4n3)CCO2)ccn1. The second-order valence-corrected chi connectivity index (χ2v) is 7.86. The topological polar surface area (TPSA) is 64.0 Å². The fraction of sp³-hybridized carbons (Fsp3) is 0.250. The Balaban J connectivity index is 1.59. The summed E-state index contributed by atoms with van der Waals surface area (Å²) >= 11 is 0. The Hall–Kier alpha value is -3.52. The van der Waals surface area contributed by atoms with E-state index in [9.17, 15) is 8.78 Å². The summed E-state index contributed by atoms with van der Waals surface area (Å²) in [5, 5.41) is 0.611. The molecule has 1 aliphatic heterocycles. The van der Waals surface area contributed by atoms with Crippen molar-refractivity contribution in [2.24, 2.45) is 0 Å². The summed E-state index contributed by atoms with van der Waals surface area (Å²) in [7, 11) is 0. The standard InChI is InChI=1S/C24H21F2N5O/c1-14-3-5-19-22(18-6-4-17(25)12-20(18)26)29-24(30-23(19)28-14)31-9-10-32-21(13-31)16-7-8-27-15(2)11-16/h3-8,11-12,21H,9-10,13H2,1-2H3. The van der Waals surface area contributed by atoms with Crippen LogP contribution in [-0.4, -0.2) is 39.6 Å². The first-order chi connectivity index (χ1) is 15.5. The van der Waals surface area contributed by atoms with Crippen LogP contribution in [0.25, 0.3) is 22.3 Å². The van der Waals surface area contributed by atoms with E-state index in [1.165, 1.54) is 12.1 Å². The van der Waals surface area contributed by atoms with E-state index in [1.807, 2.05) is 43.0 Å². The molecule has 6 nitrogen and oxygen atoms in total. The highest BCUT2D eigenvalue weighted by molar-refractivity contribution is 5.91. The van der Waals surface area contributed by atoms with Crippen LogP contribution in [0.2, 0.25) is 0 Å². The van der Waals surface area contributed by atoms with Crippen LogP contribution in [0, 0.1) is 25.5 Å². The van der Waals surface area contributed by atoms with Crippen molar-refractivity contribution >= 4 is 17.0 Å². The maximum absolute atomic E-state index is 14.7. The molecule has 0 aliphatic carbocycles. The van der Waals surface area contributed by atoms with Gasteiger partial charge in [-0.1, -0.05) is 0 Å². The quantitative estimate of drug-likeness (QED) is 0.472. The molecule has 162 valence electrons. The van der Waals surface area contributed by atoms with Crippen LogP contribution >= 0.6 is 0 Å². The van der Waals surface area contributed by atoms with Gasteiger partial charge in [0.25, 0.3) is 0 Å². The second kappa shape index (κ2) is 8.20. The lowest BCUT2D eigenvalue weighted by molar-refractivity contribution is 0.0391. The number of nitrogens with zero attached hydrogens (tertiary/aromatic N) is 5. The number of morpholine rings is 1. The minimum atomic E-state index is -0.677. The van der Waals surface area contributed by atoms with E-state index in [0.29, 0.717) is 42.4 Å². The predicted octanol–water partition coefficient (Wildman–Crippen LogP) is 4.56. The van der Waals surface area contributed by atoms with Crippen LogP contribution in [0.3, 0.4) is 0 Å². The summed E-state index contributed by atoms with van der Waals surface area (Å²) in [6, 6.07) is 11.1. The Morgan fingerprint density at radius 3 is 2.66 bits per heavy atom. The second-order valence-electron chi connectivity index (χ2n) is 7.86. The number of hydrogen-bond donors (Lipinski definition) is 0. The fourth-order valence-corrected chi connectivity index (χ4v) is 3.92. The van der Waals surface area contributed by atoms with Crippen LogP contribution in [0.5, 0.6) is 0 Å². The van der Waals surface area contributed by atoms with Gasteiger partial charge in [0, 0.05) is 41.1 Å². The van der Waals surface area contributed by atoms with Crippen LogP contribution in [0.4, 0.5) is 14.7 Å². The summed E-state index contributed by atoms with van der Waals surface area (Å²) in [5.41, 5.74) is 3.80. The van der Waals surface area contributed by atoms with Crippen LogP contribution in [0.1, 0.15) is 23.1 Å². The van der Waals surface area contributed by atoms with Gasteiger partial charge in [-0.25, -0.2) is 18.7 Å². The first-order valence-corrected chi connectivity index (χ1v) is 10.4. The molecule has 0 radical (unpaired) electrons. The highest BCUT2D eigenvalue weighted by Gasteiger charge is 2.26. The van der Waals surface area contributed by atoms with Crippen LogP contribution in [0.15, 0.2) is 48.7 Å². The molecule has 1 aliphatic rings. The Bertz CT molecular complexity index is 1310. The lowest BCUT2D eigenvalue weighted by Crippen LogP contribution is -2.39. The zero-order chi connectivity index (χ0) is 22.2. The number of fused-ring (bicyclic) bond motifs is 1. The number of ether oxygens (including phenoxy) is 1. The van der Waals surface area contributed by atoms with E-state index in [2.05, 4.69) is 15.0 Å². The van der Waals surface area contributed by atoms with Gasteiger partial charge in [0.2, 0.25) is 5.95 Å². The molecular weight excluding hydrogens is 412 g/mol. The molecule has 0 bridgehead atoms. The molecule has 0 amide bonds. The number of benzene rings is 1. The molecule has 4 aromatic rings. The summed E-state index contributed by atoms with van der Waals surface area (Å²) in [6.07, 6.45) is 1.60. The Morgan fingerprint density at radius 1 is 0.969 bits per heavy atom. The maximum atomic E-state index is 14.7. The molecule has 1 saturated heterocycles. The molecule has 5 rings (SSSR count). The molecule has 1 fully saturated rings. The van der Waals surface area contributed by atoms with Gasteiger partial charge in [0.15, 0.2) is 5.65 Å². The van der Waals surface area contributed by atoms with Gasteiger partial charge >= 0.3 is 0 Å². The monoisotopic (exact) mass is 433 g/mol. The lowest BCUT2D eigenvalue weighted by atomic mass is 10.1. The van der Waals surface area contributed by atoms with Gasteiger partial charge in [-0.05, 0) is 55.8 Å². The molecule has 32 heavy (non-hydrogen) atoms. The lowest BCUT2D eigenvalue weighted by Gasteiger charge is -2.33. The van der Waals surface area contributed by atoms with Crippen LogP contribution < -0.4 is 4.90 Å². The third-order valence-electron chi connectivity index (χ3n) is 5.52. The molecule has 1 atom stereocenters. The highest BCUT2D eigenvalue weighted by Crippen LogP contribution is 2.31. The summed E-state index contributed by atoms with van der Waals surface area (Å²) in [5.74, 6) is -0.875. The van der Waals surface area contributed by atoms with Gasteiger partial charge in [-0.2, -0.15) is 4.98 Å². The maximum Gasteiger partial charge on any atom is 0.228 e. The normalized spacial score (nSPS) is 16.5. The van der Waals surface area contributed by atoms with Gasteiger partial charge < -0.3 is 9.64 Å². The van der Waals surface area contributed by atoms with Crippen molar-refractivity contribution in [1.29, 1.82) is 0 Å². The molecule has 0 saturated carbocycles. The van der Waals surface area contributed by atoms with Crippen molar-refractivity contribution in [2.45, 2.75) is 20.0 Å². The molecular formula is C24H21F2N5O. The smallest absolute Gasteiger partial charge is 0.228 e. The number of halogens is 2.